The number of rotatable bonds is 4. The summed E-state index contributed by atoms with van der Waals surface area (Å²) in [6.45, 7) is 11.3. The van der Waals surface area contributed by atoms with Crippen molar-refractivity contribution >= 4 is 11.6 Å². The number of hydrogen-bond donors (Lipinski definition) is 2. The van der Waals surface area contributed by atoms with Gasteiger partial charge in [0.05, 0.1) is 0 Å². The van der Waals surface area contributed by atoms with E-state index in [1.165, 1.54) is 0 Å². The van der Waals surface area contributed by atoms with Crippen LogP contribution >= 0.6 is 0 Å². The molecule has 0 saturated heterocycles. The molecule has 0 fully saturated rings. The van der Waals surface area contributed by atoms with Gasteiger partial charge in [0.15, 0.2) is 0 Å². The van der Waals surface area contributed by atoms with Crippen LogP contribution in [0.3, 0.4) is 0 Å². The van der Waals surface area contributed by atoms with E-state index in [1.54, 1.807) is 0 Å². The van der Waals surface area contributed by atoms with Crippen LogP contribution < -0.4 is 11.1 Å². The lowest BCUT2D eigenvalue weighted by atomic mass is 9.95. The fourth-order valence-electron chi connectivity index (χ4n) is 1.84. The molecule has 0 aliphatic carbocycles. The molecule has 108 valence electrons. The van der Waals surface area contributed by atoms with Crippen molar-refractivity contribution in [2.45, 2.75) is 46.1 Å². The number of nitrogens with zero attached hydrogens (tertiary/aromatic N) is 3. The van der Waals surface area contributed by atoms with Crippen LogP contribution in [0.5, 0.6) is 0 Å². The monoisotopic (exact) mass is 265 g/mol. The van der Waals surface area contributed by atoms with Crippen molar-refractivity contribution in [3.05, 3.63) is 11.4 Å². The number of hydrogen-bond acceptors (Lipinski definition) is 5. The zero-order chi connectivity index (χ0) is 14.8. The second-order valence-corrected chi connectivity index (χ2v) is 6.46. The van der Waals surface area contributed by atoms with Crippen LogP contribution in [0.25, 0.3) is 0 Å². The van der Waals surface area contributed by atoms with Gasteiger partial charge in [0.1, 0.15) is 17.5 Å². The van der Waals surface area contributed by atoms with Crippen molar-refractivity contribution in [3.63, 3.8) is 0 Å². The maximum Gasteiger partial charge on any atom is 0.138 e. The Balaban J connectivity index is 3.03. The third-order valence-electron chi connectivity index (χ3n) is 2.88. The molecule has 0 aromatic carbocycles. The molecule has 0 spiro atoms. The lowest BCUT2D eigenvalue weighted by Gasteiger charge is -2.23. The molecule has 5 heteroatoms. The number of nitrogen functional groups attached to an aromatic ring is 1. The Bertz CT molecular complexity index is 434. The maximum atomic E-state index is 5.99. The van der Waals surface area contributed by atoms with Crippen LogP contribution in [0.15, 0.2) is 0 Å². The normalized spacial score (nSPS) is 13.7. The Kier molecular flexibility index (Phi) is 4.74. The SMILES string of the molecule is Cc1c(N)nc(C(C)(C)C)nc1NC(C)CN(C)C. The van der Waals surface area contributed by atoms with Crippen molar-refractivity contribution in [1.29, 1.82) is 0 Å². The highest BCUT2D eigenvalue weighted by molar-refractivity contribution is 5.55. The highest BCUT2D eigenvalue weighted by Gasteiger charge is 2.20. The van der Waals surface area contributed by atoms with Gasteiger partial charge in [-0.3, -0.25) is 0 Å². The Labute approximate surface area is 116 Å². The van der Waals surface area contributed by atoms with Crippen LogP contribution in [0.4, 0.5) is 11.6 Å². The number of nitrogens with one attached hydrogen (secondary N) is 1. The highest BCUT2D eigenvalue weighted by atomic mass is 15.1. The summed E-state index contributed by atoms with van der Waals surface area (Å²) in [6.07, 6.45) is 0. The molecule has 1 heterocycles. The number of aromatic nitrogens is 2. The summed E-state index contributed by atoms with van der Waals surface area (Å²) in [5.41, 5.74) is 6.80. The molecule has 0 radical (unpaired) electrons. The Morgan fingerprint density at radius 3 is 2.32 bits per heavy atom. The molecule has 0 aliphatic rings. The topological polar surface area (TPSA) is 67.1 Å². The maximum absolute atomic E-state index is 5.99. The van der Waals surface area contributed by atoms with Gasteiger partial charge in [0.2, 0.25) is 0 Å². The van der Waals surface area contributed by atoms with Gasteiger partial charge in [-0.2, -0.15) is 0 Å². The Morgan fingerprint density at radius 1 is 1.26 bits per heavy atom. The average Bonchev–Trinajstić information content (AvgIpc) is 2.21. The smallest absolute Gasteiger partial charge is 0.138 e. The fourth-order valence-corrected chi connectivity index (χ4v) is 1.84. The number of anilines is 2. The third kappa shape index (κ3) is 4.35. The predicted octanol–water partition coefficient (Wildman–Crippen LogP) is 2.03. The van der Waals surface area contributed by atoms with Gasteiger partial charge in [0.25, 0.3) is 0 Å². The molecule has 0 amide bonds. The minimum Gasteiger partial charge on any atom is -0.383 e. The van der Waals surface area contributed by atoms with Crippen molar-refractivity contribution < 1.29 is 0 Å². The van der Waals surface area contributed by atoms with E-state index in [1.807, 2.05) is 6.92 Å². The lowest BCUT2D eigenvalue weighted by molar-refractivity contribution is 0.391. The van der Waals surface area contributed by atoms with Gasteiger partial charge in [-0.25, -0.2) is 9.97 Å². The summed E-state index contributed by atoms with van der Waals surface area (Å²) in [6, 6.07) is 0.302. The van der Waals surface area contributed by atoms with Gasteiger partial charge < -0.3 is 16.0 Å². The van der Waals surface area contributed by atoms with Crippen LogP contribution in [0.1, 0.15) is 39.1 Å². The van der Waals surface area contributed by atoms with E-state index in [4.69, 9.17) is 5.73 Å². The second kappa shape index (κ2) is 5.74. The number of likely N-dealkylation sites (N-methyl/N-ethyl adjacent to an activating group) is 1. The Hall–Kier alpha value is -1.36. The van der Waals surface area contributed by atoms with E-state index in [2.05, 4.69) is 62.0 Å². The molecule has 1 atom stereocenters. The molecule has 19 heavy (non-hydrogen) atoms. The average molecular weight is 265 g/mol. The van der Waals surface area contributed by atoms with Crippen molar-refractivity contribution in [1.82, 2.24) is 14.9 Å². The standard InChI is InChI=1S/C14H27N5/c1-9(8-19(6)7)16-12-10(2)11(15)17-13(18-12)14(3,4)5/h9H,8H2,1-7H3,(H3,15,16,17,18). The Morgan fingerprint density at radius 2 is 1.84 bits per heavy atom. The molecule has 1 aromatic heterocycles. The fraction of sp³-hybridized carbons (Fsp3) is 0.714. The quantitative estimate of drug-likeness (QED) is 0.872. The van der Waals surface area contributed by atoms with Gasteiger partial charge in [-0.1, -0.05) is 20.8 Å². The first-order chi connectivity index (χ1) is 8.61. The molecular weight excluding hydrogens is 238 g/mol. The lowest BCUT2D eigenvalue weighted by Crippen LogP contribution is -2.31. The molecule has 1 rings (SSSR count). The van der Waals surface area contributed by atoms with Crippen LogP contribution in [-0.4, -0.2) is 41.5 Å². The number of nitrogens with two attached hydrogens (primary N) is 1. The van der Waals surface area contributed by atoms with Gasteiger partial charge in [-0.05, 0) is 27.9 Å². The first-order valence-corrected chi connectivity index (χ1v) is 6.67. The van der Waals surface area contributed by atoms with E-state index < -0.39 is 0 Å². The molecule has 1 unspecified atom stereocenters. The summed E-state index contributed by atoms with van der Waals surface area (Å²) in [4.78, 5) is 11.2. The van der Waals surface area contributed by atoms with Gasteiger partial charge >= 0.3 is 0 Å². The summed E-state index contributed by atoms with van der Waals surface area (Å²) in [5, 5.41) is 3.42. The van der Waals surface area contributed by atoms with Gasteiger partial charge in [0, 0.05) is 23.6 Å². The molecule has 0 bridgehead atoms. The van der Waals surface area contributed by atoms with Crippen molar-refractivity contribution in [2.75, 3.05) is 31.7 Å². The minimum atomic E-state index is -0.108. The highest BCUT2D eigenvalue weighted by Crippen LogP contribution is 2.25. The van der Waals surface area contributed by atoms with E-state index in [0.29, 0.717) is 11.9 Å². The predicted molar refractivity (Wildman–Crippen MR) is 81.5 cm³/mol. The summed E-state index contributed by atoms with van der Waals surface area (Å²) in [7, 11) is 4.11. The molecule has 5 nitrogen and oxygen atoms in total. The first kappa shape index (κ1) is 15.7. The largest absolute Gasteiger partial charge is 0.383 e. The summed E-state index contributed by atoms with van der Waals surface area (Å²) >= 11 is 0. The minimum absolute atomic E-state index is 0.108. The summed E-state index contributed by atoms with van der Waals surface area (Å²) in [5.74, 6) is 2.17. The molecule has 3 N–H and O–H groups in total. The van der Waals surface area contributed by atoms with Gasteiger partial charge in [-0.15, -0.1) is 0 Å². The molecule has 0 aliphatic heterocycles. The van der Waals surface area contributed by atoms with Crippen LogP contribution in [0.2, 0.25) is 0 Å². The van der Waals surface area contributed by atoms with E-state index in [9.17, 15) is 0 Å². The van der Waals surface area contributed by atoms with E-state index in [0.717, 1.165) is 23.8 Å². The zero-order valence-electron chi connectivity index (χ0n) is 13.2. The molecule has 1 aromatic rings. The summed E-state index contributed by atoms with van der Waals surface area (Å²) < 4.78 is 0. The second-order valence-electron chi connectivity index (χ2n) is 6.46. The van der Waals surface area contributed by atoms with Crippen LogP contribution in [-0.2, 0) is 5.41 Å². The van der Waals surface area contributed by atoms with Crippen molar-refractivity contribution in [3.8, 4) is 0 Å². The van der Waals surface area contributed by atoms with E-state index >= 15 is 0 Å². The zero-order valence-corrected chi connectivity index (χ0v) is 13.2. The first-order valence-electron chi connectivity index (χ1n) is 6.67. The molecule has 0 saturated carbocycles. The third-order valence-corrected chi connectivity index (χ3v) is 2.88. The molecular formula is C14H27N5. The van der Waals surface area contributed by atoms with E-state index in [-0.39, 0.29) is 5.41 Å². The van der Waals surface area contributed by atoms with Crippen molar-refractivity contribution in [2.24, 2.45) is 0 Å². The van der Waals surface area contributed by atoms with Crippen LogP contribution in [0, 0.1) is 6.92 Å².